The first-order valence-corrected chi connectivity index (χ1v) is 14.0. The van der Waals surface area contributed by atoms with Crippen LogP contribution >= 0.6 is 0 Å². The number of nitrogens with one attached hydrogen (secondary N) is 3. The van der Waals surface area contributed by atoms with Crippen LogP contribution in [-0.4, -0.2) is 29.3 Å². The summed E-state index contributed by atoms with van der Waals surface area (Å²) in [5.41, 5.74) is 4.96. The molecule has 10 heteroatoms. The highest BCUT2D eigenvalue weighted by molar-refractivity contribution is 7.79. The Morgan fingerprint density at radius 2 is 1.65 bits per heavy atom. The molecule has 4 N–H and O–H groups in total. The Hall–Kier alpha value is -4.54. The van der Waals surface area contributed by atoms with E-state index in [1.54, 1.807) is 18.2 Å². The topological polar surface area (TPSA) is 121 Å². The van der Waals surface area contributed by atoms with Gasteiger partial charge in [-0.05, 0) is 53.4 Å². The van der Waals surface area contributed by atoms with Crippen molar-refractivity contribution in [3.63, 3.8) is 0 Å². The van der Waals surface area contributed by atoms with Gasteiger partial charge in [0.05, 0.1) is 11.1 Å². The van der Waals surface area contributed by atoms with Crippen molar-refractivity contribution in [2.75, 3.05) is 16.0 Å². The lowest BCUT2D eigenvalue weighted by Gasteiger charge is -2.13. The van der Waals surface area contributed by atoms with Crippen LogP contribution in [0.5, 0.6) is 0 Å². The van der Waals surface area contributed by atoms with Crippen LogP contribution in [0.25, 0.3) is 5.65 Å². The van der Waals surface area contributed by atoms with E-state index in [1.807, 2.05) is 53.2 Å². The van der Waals surface area contributed by atoms with Crippen molar-refractivity contribution in [3.05, 3.63) is 113 Å². The van der Waals surface area contributed by atoms with E-state index in [9.17, 15) is 13.6 Å². The van der Waals surface area contributed by atoms with E-state index in [0.717, 1.165) is 28.2 Å². The average Bonchev–Trinajstić information content (AvgIpc) is 3.40. The van der Waals surface area contributed by atoms with Gasteiger partial charge >= 0.3 is 0 Å². The van der Waals surface area contributed by atoms with Gasteiger partial charge in [-0.2, -0.15) is 9.61 Å². The smallest absolute Gasteiger partial charge is 0.255 e. The van der Waals surface area contributed by atoms with E-state index < -0.39 is 11.1 Å². The van der Waals surface area contributed by atoms with Crippen LogP contribution < -0.4 is 16.0 Å². The Labute approximate surface area is 235 Å². The quantitative estimate of drug-likeness (QED) is 0.158. The minimum absolute atomic E-state index is 0.263. The fourth-order valence-electron chi connectivity index (χ4n) is 4.27. The Morgan fingerprint density at radius 3 is 2.38 bits per heavy atom. The summed E-state index contributed by atoms with van der Waals surface area (Å²) >= 11 is -2.06. The van der Waals surface area contributed by atoms with Crippen LogP contribution in [0.2, 0.25) is 0 Å². The zero-order chi connectivity index (χ0) is 28.1. The SMILES string of the molecule is CC(C)c1cnn2c(NCc3ccccc3)cc(NCc3cccc(C(=O)Nc4ccc(S(=O)O)cc4)c3)nc12. The van der Waals surface area contributed by atoms with Gasteiger partial charge in [0, 0.05) is 36.0 Å². The van der Waals surface area contributed by atoms with Crippen LogP contribution in [0.3, 0.4) is 0 Å². The van der Waals surface area contributed by atoms with Gasteiger partial charge < -0.3 is 20.5 Å². The highest BCUT2D eigenvalue weighted by atomic mass is 32.2. The van der Waals surface area contributed by atoms with Gasteiger partial charge in [0.1, 0.15) is 11.6 Å². The molecule has 5 rings (SSSR count). The van der Waals surface area contributed by atoms with Crippen LogP contribution in [-0.2, 0) is 24.2 Å². The number of hydrogen-bond acceptors (Lipinski definition) is 6. The zero-order valence-corrected chi connectivity index (χ0v) is 23.0. The summed E-state index contributed by atoms with van der Waals surface area (Å²) < 4.78 is 22.2. The Balaban J connectivity index is 1.32. The maximum Gasteiger partial charge on any atom is 0.255 e. The van der Waals surface area contributed by atoms with E-state index in [-0.39, 0.29) is 16.7 Å². The normalized spacial score (nSPS) is 11.9. The fourth-order valence-corrected chi connectivity index (χ4v) is 4.63. The summed E-state index contributed by atoms with van der Waals surface area (Å²) in [6.07, 6.45) is 1.86. The molecular formula is C30H30N6O3S. The lowest BCUT2D eigenvalue weighted by atomic mass is 10.1. The molecule has 3 aromatic carbocycles. The third-order valence-corrected chi connectivity index (χ3v) is 7.09. The Bertz CT molecular complexity index is 1650. The van der Waals surface area contributed by atoms with E-state index in [0.29, 0.717) is 30.2 Å². The monoisotopic (exact) mass is 554 g/mol. The molecule has 0 aliphatic rings. The van der Waals surface area contributed by atoms with E-state index in [2.05, 4.69) is 47.0 Å². The number of rotatable bonds is 10. The summed E-state index contributed by atoms with van der Waals surface area (Å²) in [6, 6.07) is 25.7. The van der Waals surface area contributed by atoms with Crippen molar-refractivity contribution in [1.29, 1.82) is 0 Å². The number of carbonyl (C=O) groups excluding carboxylic acids is 1. The molecule has 0 saturated carbocycles. The van der Waals surface area contributed by atoms with Crippen LogP contribution in [0.1, 0.15) is 46.8 Å². The van der Waals surface area contributed by atoms with Crippen molar-refractivity contribution < 1.29 is 13.6 Å². The van der Waals surface area contributed by atoms with Crippen molar-refractivity contribution in [2.24, 2.45) is 0 Å². The second-order valence-corrected chi connectivity index (χ2v) is 10.6. The molecule has 0 spiro atoms. The molecule has 2 heterocycles. The fraction of sp³-hybridized carbons (Fsp3) is 0.167. The van der Waals surface area contributed by atoms with Gasteiger partial charge in [-0.25, -0.2) is 9.19 Å². The van der Waals surface area contributed by atoms with Crippen molar-refractivity contribution in [3.8, 4) is 0 Å². The molecule has 5 aromatic rings. The first-order chi connectivity index (χ1) is 19.4. The number of carbonyl (C=O) groups is 1. The third-order valence-electron chi connectivity index (χ3n) is 6.41. The standard InChI is InChI=1S/C30H30N6O3S/c1-20(2)26-19-33-36-28(32-17-21-7-4-3-5-8-21)16-27(35-29(26)36)31-18-22-9-6-10-23(15-22)30(37)34-24-11-13-25(14-12-24)40(38)39/h3-16,19-20,32H,17-18H2,1-2H3,(H,31,35)(H,34,37)(H,38,39). The minimum Gasteiger partial charge on any atom is -0.366 e. The van der Waals surface area contributed by atoms with Crippen molar-refractivity contribution in [1.82, 2.24) is 14.6 Å². The van der Waals surface area contributed by atoms with Crippen LogP contribution in [0.4, 0.5) is 17.3 Å². The molecular weight excluding hydrogens is 524 g/mol. The summed E-state index contributed by atoms with van der Waals surface area (Å²) in [5, 5.41) is 14.3. The van der Waals surface area contributed by atoms with Gasteiger partial charge in [-0.1, -0.05) is 56.3 Å². The van der Waals surface area contributed by atoms with Gasteiger partial charge in [0.15, 0.2) is 16.7 Å². The van der Waals surface area contributed by atoms with Crippen molar-refractivity contribution >= 4 is 40.0 Å². The van der Waals surface area contributed by atoms with Gasteiger partial charge in [-0.15, -0.1) is 0 Å². The molecule has 0 radical (unpaired) electrons. The number of aromatic nitrogens is 3. The second kappa shape index (κ2) is 12.1. The predicted molar refractivity (Wildman–Crippen MR) is 158 cm³/mol. The molecule has 40 heavy (non-hydrogen) atoms. The molecule has 0 bridgehead atoms. The molecule has 1 unspecified atom stereocenters. The maximum absolute atomic E-state index is 12.8. The largest absolute Gasteiger partial charge is 0.366 e. The van der Waals surface area contributed by atoms with E-state index >= 15 is 0 Å². The number of nitrogens with zero attached hydrogens (tertiary/aromatic N) is 3. The Kier molecular flexibility index (Phi) is 8.18. The highest BCUT2D eigenvalue weighted by Gasteiger charge is 2.14. The molecule has 0 saturated heterocycles. The van der Waals surface area contributed by atoms with Crippen LogP contribution in [0.15, 0.2) is 96.0 Å². The number of fused-ring (bicyclic) bond motifs is 1. The molecule has 9 nitrogen and oxygen atoms in total. The number of anilines is 3. The first kappa shape index (κ1) is 27.0. The number of hydrogen-bond donors (Lipinski definition) is 4. The summed E-state index contributed by atoms with van der Waals surface area (Å²) in [7, 11) is 0. The molecule has 0 aliphatic heterocycles. The summed E-state index contributed by atoms with van der Waals surface area (Å²) in [6.45, 7) is 5.35. The van der Waals surface area contributed by atoms with Gasteiger partial charge in [0.25, 0.3) is 5.91 Å². The number of amides is 1. The lowest BCUT2D eigenvalue weighted by Crippen LogP contribution is -2.13. The van der Waals surface area contributed by atoms with Crippen molar-refractivity contribution in [2.45, 2.75) is 37.8 Å². The minimum atomic E-state index is -2.06. The zero-order valence-electron chi connectivity index (χ0n) is 22.2. The second-order valence-electron chi connectivity index (χ2n) is 9.64. The molecule has 1 atom stereocenters. The average molecular weight is 555 g/mol. The molecule has 2 aromatic heterocycles. The summed E-state index contributed by atoms with van der Waals surface area (Å²) in [5.74, 6) is 1.51. The predicted octanol–water partition coefficient (Wildman–Crippen LogP) is 5.91. The highest BCUT2D eigenvalue weighted by Crippen LogP contribution is 2.25. The molecule has 0 aliphatic carbocycles. The van der Waals surface area contributed by atoms with Crippen LogP contribution in [0, 0.1) is 0 Å². The van der Waals surface area contributed by atoms with E-state index in [4.69, 9.17) is 4.98 Å². The number of benzene rings is 3. The lowest BCUT2D eigenvalue weighted by molar-refractivity contribution is 0.102. The van der Waals surface area contributed by atoms with Gasteiger partial charge in [0.2, 0.25) is 0 Å². The third kappa shape index (κ3) is 6.36. The Morgan fingerprint density at radius 1 is 0.925 bits per heavy atom. The first-order valence-electron chi connectivity index (χ1n) is 12.9. The maximum atomic E-state index is 12.8. The molecule has 0 fully saturated rings. The van der Waals surface area contributed by atoms with Gasteiger partial charge in [-0.3, -0.25) is 4.79 Å². The summed E-state index contributed by atoms with van der Waals surface area (Å²) in [4.78, 5) is 18.0. The van der Waals surface area contributed by atoms with E-state index in [1.165, 1.54) is 12.1 Å². The molecule has 1 amide bonds. The molecule has 204 valence electrons.